The summed E-state index contributed by atoms with van der Waals surface area (Å²) >= 11 is 0. The topological polar surface area (TPSA) is 26.3 Å². The van der Waals surface area contributed by atoms with Crippen LogP contribution >= 0.6 is 0 Å². The smallest absolute Gasteiger partial charge is 0.142 e. The van der Waals surface area contributed by atoms with Crippen LogP contribution in [0.15, 0.2) is 12.2 Å². The molecule has 0 aliphatic carbocycles. The lowest BCUT2D eigenvalue weighted by Gasteiger charge is -2.10. The van der Waals surface area contributed by atoms with Crippen LogP contribution in [0.4, 0.5) is 0 Å². The van der Waals surface area contributed by atoms with Gasteiger partial charge in [0.1, 0.15) is 6.29 Å². The summed E-state index contributed by atoms with van der Waals surface area (Å²) < 4.78 is 5.43. The Balaban J connectivity index is 3.34. The second-order valence-corrected chi connectivity index (χ2v) is 3.61. The Hall–Kier alpha value is -0.630. The molecule has 0 amide bonds. The standard InChI is InChI=1S/C11H20O2/c1-10(2)13-9-7-11(3)6-4-5-8-12/h4-5,8,10-11H,6-7,9H2,1-3H3/b5-4+. The zero-order valence-corrected chi connectivity index (χ0v) is 8.82. The molecule has 0 aromatic heterocycles. The third-order valence-electron chi connectivity index (χ3n) is 1.81. The van der Waals surface area contributed by atoms with Crippen molar-refractivity contribution >= 4 is 6.29 Å². The van der Waals surface area contributed by atoms with Crippen LogP contribution in [0.1, 0.15) is 33.6 Å². The fourth-order valence-corrected chi connectivity index (χ4v) is 0.989. The monoisotopic (exact) mass is 184 g/mol. The molecule has 0 saturated heterocycles. The van der Waals surface area contributed by atoms with Gasteiger partial charge in [-0.3, -0.25) is 4.79 Å². The van der Waals surface area contributed by atoms with Crippen molar-refractivity contribution in [3.05, 3.63) is 12.2 Å². The quantitative estimate of drug-likeness (QED) is 0.449. The average Bonchev–Trinajstić information content (AvgIpc) is 2.04. The molecule has 0 aliphatic rings. The second-order valence-electron chi connectivity index (χ2n) is 3.61. The van der Waals surface area contributed by atoms with E-state index in [-0.39, 0.29) is 0 Å². The van der Waals surface area contributed by atoms with Crippen LogP contribution < -0.4 is 0 Å². The van der Waals surface area contributed by atoms with E-state index in [0.29, 0.717) is 12.0 Å². The van der Waals surface area contributed by atoms with Crippen LogP contribution in [0.3, 0.4) is 0 Å². The second kappa shape index (κ2) is 7.99. The molecule has 0 aromatic carbocycles. The highest BCUT2D eigenvalue weighted by molar-refractivity contribution is 5.64. The molecule has 0 heterocycles. The lowest BCUT2D eigenvalue weighted by molar-refractivity contribution is -0.104. The zero-order valence-electron chi connectivity index (χ0n) is 8.82. The zero-order chi connectivity index (χ0) is 10.1. The fraction of sp³-hybridized carbons (Fsp3) is 0.727. The molecule has 0 saturated carbocycles. The van der Waals surface area contributed by atoms with Crippen molar-refractivity contribution in [2.45, 2.75) is 39.7 Å². The first kappa shape index (κ1) is 12.4. The summed E-state index contributed by atoms with van der Waals surface area (Å²) in [5.41, 5.74) is 0. The third kappa shape index (κ3) is 9.28. The highest BCUT2D eigenvalue weighted by Gasteiger charge is 2.00. The first-order valence-electron chi connectivity index (χ1n) is 4.88. The van der Waals surface area contributed by atoms with Gasteiger partial charge in [-0.25, -0.2) is 0 Å². The van der Waals surface area contributed by atoms with Crippen molar-refractivity contribution in [1.82, 2.24) is 0 Å². The number of ether oxygens (including phenoxy) is 1. The summed E-state index contributed by atoms with van der Waals surface area (Å²) in [5, 5.41) is 0. The van der Waals surface area contributed by atoms with Gasteiger partial charge in [0.25, 0.3) is 0 Å². The molecule has 1 unspecified atom stereocenters. The molecule has 2 heteroatoms. The molecule has 0 spiro atoms. The summed E-state index contributed by atoms with van der Waals surface area (Å²) in [7, 11) is 0. The Kier molecular flexibility index (Phi) is 7.60. The molecule has 76 valence electrons. The largest absolute Gasteiger partial charge is 0.379 e. The molecule has 1 atom stereocenters. The van der Waals surface area contributed by atoms with Crippen LogP contribution in [-0.2, 0) is 9.53 Å². The summed E-state index contributed by atoms with van der Waals surface area (Å²) in [5.74, 6) is 0.593. The van der Waals surface area contributed by atoms with E-state index in [9.17, 15) is 4.79 Å². The Bertz CT molecular complexity index is 150. The van der Waals surface area contributed by atoms with E-state index in [1.54, 1.807) is 6.08 Å². The van der Waals surface area contributed by atoms with Gasteiger partial charge in [-0.05, 0) is 38.7 Å². The molecular formula is C11H20O2. The fourth-order valence-electron chi connectivity index (χ4n) is 0.989. The molecule has 0 N–H and O–H groups in total. The minimum absolute atomic E-state index is 0.317. The van der Waals surface area contributed by atoms with E-state index in [1.165, 1.54) is 0 Å². The summed E-state index contributed by atoms with van der Waals surface area (Å²) in [6, 6.07) is 0. The Labute approximate surface area is 81.0 Å². The van der Waals surface area contributed by atoms with Crippen molar-refractivity contribution in [3.63, 3.8) is 0 Å². The van der Waals surface area contributed by atoms with E-state index in [4.69, 9.17) is 4.74 Å². The SMILES string of the molecule is CC(C/C=C/C=O)CCOC(C)C. The van der Waals surface area contributed by atoms with Crippen molar-refractivity contribution in [2.24, 2.45) is 5.92 Å². The van der Waals surface area contributed by atoms with Gasteiger partial charge in [0.15, 0.2) is 0 Å². The maximum absolute atomic E-state index is 9.98. The number of allylic oxidation sites excluding steroid dienone is 2. The first-order valence-corrected chi connectivity index (χ1v) is 4.88. The molecule has 0 aliphatic heterocycles. The van der Waals surface area contributed by atoms with Gasteiger partial charge in [0.05, 0.1) is 6.10 Å². The van der Waals surface area contributed by atoms with Crippen molar-refractivity contribution in [1.29, 1.82) is 0 Å². The Morgan fingerprint density at radius 3 is 2.54 bits per heavy atom. The van der Waals surface area contributed by atoms with Gasteiger partial charge < -0.3 is 4.74 Å². The van der Waals surface area contributed by atoms with Crippen molar-refractivity contribution in [3.8, 4) is 0 Å². The minimum atomic E-state index is 0.317. The lowest BCUT2D eigenvalue weighted by atomic mass is 10.0. The van der Waals surface area contributed by atoms with Gasteiger partial charge in [-0.15, -0.1) is 0 Å². The molecule has 0 aromatic rings. The van der Waals surface area contributed by atoms with Gasteiger partial charge in [-0.1, -0.05) is 13.0 Å². The molecule has 0 rings (SSSR count). The summed E-state index contributed by atoms with van der Waals surface area (Å²) in [6.45, 7) is 7.06. The Morgan fingerprint density at radius 2 is 2.00 bits per heavy atom. The normalized spacial score (nSPS) is 13.8. The first-order chi connectivity index (χ1) is 6.16. The number of hydrogen-bond acceptors (Lipinski definition) is 2. The third-order valence-corrected chi connectivity index (χ3v) is 1.81. The number of carbonyl (C=O) groups is 1. The molecular weight excluding hydrogens is 164 g/mol. The maximum atomic E-state index is 9.98. The summed E-state index contributed by atoms with van der Waals surface area (Å²) in [4.78, 5) is 9.98. The Morgan fingerprint density at radius 1 is 1.31 bits per heavy atom. The number of hydrogen-bond donors (Lipinski definition) is 0. The van der Waals surface area contributed by atoms with Gasteiger partial charge in [0, 0.05) is 6.61 Å². The highest BCUT2D eigenvalue weighted by Crippen LogP contribution is 2.08. The van der Waals surface area contributed by atoms with E-state index in [0.717, 1.165) is 25.7 Å². The van der Waals surface area contributed by atoms with Crippen LogP contribution in [0.25, 0.3) is 0 Å². The predicted octanol–water partition coefficient (Wildman–Crippen LogP) is 2.58. The predicted molar refractivity (Wildman–Crippen MR) is 54.7 cm³/mol. The molecule has 0 radical (unpaired) electrons. The highest BCUT2D eigenvalue weighted by atomic mass is 16.5. The van der Waals surface area contributed by atoms with Crippen LogP contribution in [0, 0.1) is 5.92 Å². The molecule has 2 nitrogen and oxygen atoms in total. The molecule has 0 bridgehead atoms. The van der Waals surface area contributed by atoms with Crippen LogP contribution in [-0.4, -0.2) is 19.0 Å². The maximum Gasteiger partial charge on any atom is 0.142 e. The van der Waals surface area contributed by atoms with Crippen molar-refractivity contribution in [2.75, 3.05) is 6.61 Å². The van der Waals surface area contributed by atoms with E-state index >= 15 is 0 Å². The number of aldehydes is 1. The van der Waals surface area contributed by atoms with E-state index in [1.807, 2.05) is 19.9 Å². The van der Waals surface area contributed by atoms with E-state index < -0.39 is 0 Å². The van der Waals surface area contributed by atoms with Gasteiger partial charge in [0.2, 0.25) is 0 Å². The number of rotatable bonds is 7. The van der Waals surface area contributed by atoms with Crippen LogP contribution in [0.2, 0.25) is 0 Å². The van der Waals surface area contributed by atoms with Gasteiger partial charge in [-0.2, -0.15) is 0 Å². The van der Waals surface area contributed by atoms with Crippen LogP contribution in [0.5, 0.6) is 0 Å². The average molecular weight is 184 g/mol. The van der Waals surface area contributed by atoms with Crippen molar-refractivity contribution < 1.29 is 9.53 Å². The van der Waals surface area contributed by atoms with Gasteiger partial charge >= 0.3 is 0 Å². The minimum Gasteiger partial charge on any atom is -0.379 e. The summed E-state index contributed by atoms with van der Waals surface area (Å²) in [6.07, 6.45) is 6.61. The number of carbonyl (C=O) groups excluding carboxylic acids is 1. The molecule has 13 heavy (non-hydrogen) atoms. The molecule has 0 fully saturated rings. The van der Waals surface area contributed by atoms with E-state index in [2.05, 4.69) is 6.92 Å². The lowest BCUT2D eigenvalue weighted by Crippen LogP contribution is -2.07.